The Labute approximate surface area is 288 Å². The lowest BCUT2D eigenvalue weighted by atomic mass is 9.31. The number of fused-ring (bicyclic) bond motifs is 7. The van der Waals surface area contributed by atoms with Gasteiger partial charge < -0.3 is 9.64 Å². The molecule has 0 aromatic rings. The van der Waals surface area contributed by atoms with Gasteiger partial charge in [-0.15, -0.1) is 0 Å². The van der Waals surface area contributed by atoms with Gasteiger partial charge in [-0.2, -0.15) is 0 Å². The molecule has 0 unspecified atom stereocenters. The monoisotopic (exact) mass is 648 g/mol. The summed E-state index contributed by atoms with van der Waals surface area (Å²) in [7, 11) is 0. The molecule has 264 valence electrons. The van der Waals surface area contributed by atoms with Crippen LogP contribution in [-0.4, -0.2) is 42.9 Å². The van der Waals surface area contributed by atoms with E-state index < -0.39 is 0 Å². The first-order valence-electron chi connectivity index (χ1n) is 20.0. The largest absolute Gasteiger partial charge is 0.378 e. The second-order valence-electron chi connectivity index (χ2n) is 20.5. The number of morpholine rings is 1. The zero-order valence-corrected chi connectivity index (χ0v) is 31.8. The molecule has 0 aromatic heterocycles. The molecular weight excluding hydrogens is 578 g/mol. The molecule has 4 heteroatoms. The molecule has 7 fully saturated rings. The molecule has 6 aliphatic carbocycles. The van der Waals surface area contributed by atoms with E-state index in [1.807, 2.05) is 4.90 Å². The molecule has 4 nitrogen and oxygen atoms in total. The van der Waals surface area contributed by atoms with Gasteiger partial charge in [-0.25, -0.2) is 0 Å². The van der Waals surface area contributed by atoms with Crippen molar-refractivity contribution in [3.63, 3.8) is 0 Å². The van der Waals surface area contributed by atoms with Crippen molar-refractivity contribution >= 4 is 11.7 Å². The molecule has 1 heterocycles. The lowest BCUT2D eigenvalue weighted by Gasteiger charge is -2.73. The highest BCUT2D eigenvalue weighted by atomic mass is 16.5. The van der Waals surface area contributed by atoms with Gasteiger partial charge in [0.2, 0.25) is 5.91 Å². The highest BCUT2D eigenvalue weighted by Crippen LogP contribution is 2.78. The molecular formula is C43H69NO3. The van der Waals surface area contributed by atoms with Crippen LogP contribution in [-0.2, 0) is 14.3 Å². The van der Waals surface area contributed by atoms with Gasteiger partial charge in [0.15, 0.2) is 0 Å². The minimum atomic E-state index is -0.199. The number of hydrogen-bond donors (Lipinski definition) is 0. The maximum absolute atomic E-state index is 15.0. The minimum Gasteiger partial charge on any atom is -0.378 e. The summed E-state index contributed by atoms with van der Waals surface area (Å²) < 4.78 is 5.51. The fraction of sp³-hybridized carbons (Fsp3) is 0.907. The number of Topliss-reactive ketones (excluding diaryl/α,β-unsaturated/α-hetero) is 1. The quantitative estimate of drug-likeness (QED) is 0.279. The molecule has 0 radical (unpaired) electrons. The van der Waals surface area contributed by atoms with E-state index in [2.05, 4.69) is 68.9 Å². The van der Waals surface area contributed by atoms with Crippen LogP contribution in [0.4, 0.5) is 0 Å². The van der Waals surface area contributed by atoms with Crippen molar-refractivity contribution in [3.05, 3.63) is 12.2 Å². The predicted octanol–water partition coefficient (Wildman–Crippen LogP) is 9.76. The van der Waals surface area contributed by atoms with Crippen molar-refractivity contribution < 1.29 is 14.3 Å². The van der Waals surface area contributed by atoms with Crippen molar-refractivity contribution in [3.8, 4) is 0 Å². The van der Waals surface area contributed by atoms with Crippen molar-refractivity contribution in [1.82, 2.24) is 4.90 Å². The Bertz CT molecular complexity index is 1290. The molecule has 1 amide bonds. The second kappa shape index (κ2) is 11.2. The molecule has 12 atom stereocenters. The second-order valence-corrected chi connectivity index (χ2v) is 20.5. The lowest BCUT2D eigenvalue weighted by molar-refractivity contribution is -0.240. The number of rotatable bonds is 5. The molecule has 6 saturated carbocycles. The number of nitrogens with zero attached hydrogens (tertiary/aromatic N) is 1. The SMILES string of the molecule is C=C(C)[C@@H]1CC[C@]2(C(=O)C[C@H]3C[C@@H](C(=O)N4CCOCC4)C3(C)C)CC[C@]3(C)[C@H](CC[C@@H]4[C@@]5(C)CC[C@H](C)C(C)(C)[C@@H]5CC[C@]43C)[C@@H]12. The highest BCUT2D eigenvalue weighted by molar-refractivity contribution is 5.87. The van der Waals surface area contributed by atoms with Gasteiger partial charge in [-0.05, 0) is 146 Å². The van der Waals surface area contributed by atoms with Gasteiger partial charge in [0.05, 0.1) is 13.2 Å². The average Bonchev–Trinajstić information content (AvgIpc) is 3.43. The van der Waals surface area contributed by atoms with E-state index in [1.165, 1.54) is 50.5 Å². The molecule has 7 rings (SSSR count). The van der Waals surface area contributed by atoms with E-state index in [0.29, 0.717) is 84.3 Å². The van der Waals surface area contributed by atoms with Gasteiger partial charge >= 0.3 is 0 Å². The van der Waals surface area contributed by atoms with E-state index in [1.54, 1.807) is 0 Å². The fourth-order valence-electron chi connectivity index (χ4n) is 15.0. The van der Waals surface area contributed by atoms with Crippen molar-refractivity contribution in [2.75, 3.05) is 26.3 Å². The summed E-state index contributed by atoms with van der Waals surface area (Å²) >= 11 is 0. The third-order valence-corrected chi connectivity index (χ3v) is 18.7. The molecule has 1 saturated heterocycles. The van der Waals surface area contributed by atoms with E-state index in [-0.39, 0.29) is 22.2 Å². The normalized spacial score (nSPS) is 49.9. The summed E-state index contributed by atoms with van der Waals surface area (Å²) in [6, 6.07) is 0. The van der Waals surface area contributed by atoms with E-state index in [4.69, 9.17) is 4.74 Å². The average molecular weight is 648 g/mol. The van der Waals surface area contributed by atoms with Crippen LogP contribution in [0.1, 0.15) is 139 Å². The van der Waals surface area contributed by atoms with Gasteiger partial charge in [-0.3, -0.25) is 9.59 Å². The first-order chi connectivity index (χ1) is 21.9. The van der Waals surface area contributed by atoms with Crippen molar-refractivity contribution in [1.29, 1.82) is 0 Å². The lowest BCUT2D eigenvalue weighted by Crippen LogP contribution is -2.66. The van der Waals surface area contributed by atoms with Crippen molar-refractivity contribution in [2.45, 2.75) is 139 Å². The van der Waals surface area contributed by atoms with E-state index >= 15 is 0 Å². The Hall–Kier alpha value is -1.16. The number of allylic oxidation sites excluding steroid dienone is 1. The zero-order valence-electron chi connectivity index (χ0n) is 31.8. The van der Waals surface area contributed by atoms with Crippen LogP contribution in [0.2, 0.25) is 0 Å². The van der Waals surface area contributed by atoms with Crippen LogP contribution in [0.3, 0.4) is 0 Å². The van der Waals surface area contributed by atoms with Crippen LogP contribution >= 0.6 is 0 Å². The summed E-state index contributed by atoms with van der Waals surface area (Å²) in [4.78, 5) is 30.5. The van der Waals surface area contributed by atoms with Crippen molar-refractivity contribution in [2.24, 2.45) is 79.8 Å². The summed E-state index contributed by atoms with van der Waals surface area (Å²) in [5.74, 6) is 5.10. The molecule has 7 aliphatic rings. The Balaban J connectivity index is 1.15. The Kier molecular flexibility index (Phi) is 8.15. The number of amides is 1. The molecule has 47 heavy (non-hydrogen) atoms. The summed E-state index contributed by atoms with van der Waals surface area (Å²) in [5.41, 5.74) is 2.44. The number of carbonyl (C=O) groups is 2. The molecule has 0 aromatic carbocycles. The fourth-order valence-corrected chi connectivity index (χ4v) is 15.0. The number of ether oxygens (including phenoxy) is 1. The first kappa shape index (κ1) is 34.3. The standard InChI is InChI=1S/C43H69NO3/c1-27(2)30-14-18-43(35(45)26-29-25-32(39(29,6)7)37(46)44-21-23-47-24-22-44)20-19-41(9)31(36(30)43)11-12-34-40(8)16-13-28(3)38(4,5)33(40)15-17-42(34,41)10/h28-34,36H,1,11-26H2,2-10H3/t28-,29+,30-,31+,32-,33-,34+,36+,40-,41+,42+,43+/m0/s1. The summed E-state index contributed by atoms with van der Waals surface area (Å²) in [6.07, 6.45) is 14.2. The Morgan fingerprint density at radius 1 is 0.787 bits per heavy atom. The number of carbonyl (C=O) groups excluding carboxylic acids is 2. The Morgan fingerprint density at radius 3 is 2.15 bits per heavy atom. The minimum absolute atomic E-state index is 0.0348. The van der Waals surface area contributed by atoms with Gasteiger partial charge in [-0.1, -0.05) is 67.5 Å². The molecule has 0 N–H and O–H groups in total. The number of hydrogen-bond acceptors (Lipinski definition) is 3. The third-order valence-electron chi connectivity index (χ3n) is 18.7. The van der Waals surface area contributed by atoms with E-state index in [9.17, 15) is 9.59 Å². The number of ketones is 1. The maximum atomic E-state index is 15.0. The predicted molar refractivity (Wildman–Crippen MR) is 191 cm³/mol. The molecule has 0 bridgehead atoms. The molecule has 1 aliphatic heterocycles. The summed E-state index contributed by atoms with van der Waals surface area (Å²) in [5, 5.41) is 0. The van der Waals surface area contributed by atoms with Crippen LogP contribution in [0.25, 0.3) is 0 Å². The van der Waals surface area contributed by atoms with Gasteiger partial charge in [0.25, 0.3) is 0 Å². The van der Waals surface area contributed by atoms with Gasteiger partial charge in [0.1, 0.15) is 5.78 Å². The van der Waals surface area contributed by atoms with Crippen LogP contribution in [0.15, 0.2) is 12.2 Å². The maximum Gasteiger partial charge on any atom is 0.226 e. The zero-order chi connectivity index (χ0) is 33.9. The third kappa shape index (κ3) is 4.59. The van der Waals surface area contributed by atoms with Crippen LogP contribution in [0, 0.1) is 79.8 Å². The van der Waals surface area contributed by atoms with E-state index in [0.717, 1.165) is 43.4 Å². The topological polar surface area (TPSA) is 46.6 Å². The first-order valence-corrected chi connectivity index (χ1v) is 20.0. The highest BCUT2D eigenvalue weighted by Gasteiger charge is 2.72. The Morgan fingerprint density at radius 2 is 1.49 bits per heavy atom. The molecule has 0 spiro atoms. The smallest absolute Gasteiger partial charge is 0.226 e. The van der Waals surface area contributed by atoms with Gasteiger partial charge in [0, 0.05) is 30.8 Å². The van der Waals surface area contributed by atoms with Crippen LogP contribution < -0.4 is 0 Å². The van der Waals surface area contributed by atoms with Crippen LogP contribution in [0.5, 0.6) is 0 Å². The summed E-state index contributed by atoms with van der Waals surface area (Å²) in [6.45, 7) is 30.0.